The summed E-state index contributed by atoms with van der Waals surface area (Å²) in [5.41, 5.74) is 5.91. The smallest absolute Gasteiger partial charge is 0.537 e. The van der Waals surface area contributed by atoms with Crippen molar-refractivity contribution in [2.45, 2.75) is 32.7 Å². The monoisotopic (exact) mass is 693 g/mol. The molecule has 1 fully saturated rings. The Labute approximate surface area is 288 Å². The predicted octanol–water partition coefficient (Wildman–Crippen LogP) is 5.66. The van der Waals surface area contributed by atoms with Crippen molar-refractivity contribution in [3.63, 3.8) is 0 Å². The van der Waals surface area contributed by atoms with Crippen LogP contribution in [0.2, 0.25) is 5.02 Å². The zero-order chi connectivity index (χ0) is 33.3. The van der Waals surface area contributed by atoms with Crippen LogP contribution in [0.15, 0.2) is 64.2 Å². The third-order valence-corrected chi connectivity index (χ3v) is 8.36. The van der Waals surface area contributed by atoms with Gasteiger partial charge in [0.2, 0.25) is 5.91 Å². The molecule has 1 atom stereocenters. The number of methoxy groups -OCH3 is 1. The van der Waals surface area contributed by atoms with Crippen molar-refractivity contribution in [3.05, 3.63) is 111 Å². The van der Waals surface area contributed by atoms with E-state index in [1.54, 1.807) is 20.2 Å². The predicted molar refractivity (Wildman–Crippen MR) is 183 cm³/mol. The summed E-state index contributed by atoms with van der Waals surface area (Å²) in [4.78, 5) is 45.1. The van der Waals surface area contributed by atoms with E-state index in [2.05, 4.69) is 34.4 Å². The van der Waals surface area contributed by atoms with Crippen molar-refractivity contribution in [1.82, 2.24) is 24.4 Å². The van der Waals surface area contributed by atoms with E-state index >= 15 is 0 Å². The summed E-state index contributed by atoms with van der Waals surface area (Å²) < 4.78 is 7.89. The topological polar surface area (TPSA) is 120 Å². The first-order valence-corrected chi connectivity index (χ1v) is 15.0. The number of rotatable bonds is 5. The van der Waals surface area contributed by atoms with Gasteiger partial charge in [0.1, 0.15) is 17.1 Å². The maximum Gasteiger partial charge on any atom is 2.00 e. The number of nitrogens with zero attached hydrogens (tertiary/aromatic N) is 4. The van der Waals surface area contributed by atoms with Gasteiger partial charge in [0.05, 0.1) is 17.6 Å². The van der Waals surface area contributed by atoms with Gasteiger partial charge in [-0.2, -0.15) is 13.0 Å². The van der Waals surface area contributed by atoms with E-state index in [1.807, 2.05) is 62.4 Å². The van der Waals surface area contributed by atoms with Gasteiger partial charge in [-0.25, -0.2) is 9.78 Å². The normalized spacial score (nSPS) is 13.8. The number of fused-ring (bicyclic) bond motifs is 1. The summed E-state index contributed by atoms with van der Waals surface area (Å²) in [6, 6.07) is 17.2. The minimum absolute atomic E-state index is 0. The van der Waals surface area contributed by atoms with E-state index in [0.717, 1.165) is 38.9 Å². The summed E-state index contributed by atoms with van der Waals surface area (Å²) in [6.07, 6.45) is 1.56. The molecule has 1 unspecified atom stereocenters. The van der Waals surface area contributed by atoms with Gasteiger partial charge in [-0.1, -0.05) is 60.5 Å². The number of benzene rings is 2. The molecular weight excluding hydrogens is 659 g/mol. The van der Waals surface area contributed by atoms with E-state index in [4.69, 9.17) is 16.3 Å². The van der Waals surface area contributed by atoms with Crippen molar-refractivity contribution in [2.24, 2.45) is 14.1 Å². The minimum atomic E-state index is -0.413. The number of hydrogen-bond donors (Lipinski definition) is 2. The molecule has 0 aliphatic carbocycles. The average Bonchev–Trinajstić information content (AvgIpc) is 3.42. The van der Waals surface area contributed by atoms with Crippen molar-refractivity contribution >= 4 is 39.9 Å². The fourth-order valence-electron chi connectivity index (χ4n) is 5.41. The summed E-state index contributed by atoms with van der Waals surface area (Å²) in [5, 5.41) is 6.90. The van der Waals surface area contributed by atoms with Gasteiger partial charge in [-0.3, -0.25) is 23.7 Å². The Hall–Kier alpha value is -4.57. The van der Waals surface area contributed by atoms with E-state index < -0.39 is 11.2 Å². The Morgan fingerprint density at radius 1 is 0.979 bits per heavy atom. The summed E-state index contributed by atoms with van der Waals surface area (Å²) in [6.45, 7) is 11.4. The summed E-state index contributed by atoms with van der Waals surface area (Å²) in [7, 11) is 4.66. The van der Waals surface area contributed by atoms with Crippen LogP contribution in [0.5, 0.6) is 5.88 Å². The second kappa shape index (κ2) is 14.5. The molecule has 1 aliphatic heterocycles. The Kier molecular flexibility index (Phi) is 10.9. The number of amides is 1. The Morgan fingerprint density at radius 2 is 1.66 bits per heavy atom. The molecule has 1 radical (unpaired) electrons. The Morgan fingerprint density at radius 3 is 2.30 bits per heavy atom. The Balaban J connectivity index is 0.000000555. The molecule has 243 valence electrons. The van der Waals surface area contributed by atoms with E-state index in [1.165, 1.54) is 11.6 Å². The molecule has 47 heavy (non-hydrogen) atoms. The van der Waals surface area contributed by atoms with Crippen LogP contribution in [0.25, 0.3) is 33.3 Å². The summed E-state index contributed by atoms with van der Waals surface area (Å²) in [5.74, 6) is 0.962. The van der Waals surface area contributed by atoms with Crippen molar-refractivity contribution < 1.29 is 26.6 Å². The maximum absolute atomic E-state index is 13.1. The first-order valence-electron chi connectivity index (χ1n) is 14.6. The molecule has 0 spiro atoms. The van der Waals surface area contributed by atoms with Gasteiger partial charge in [0.15, 0.2) is 0 Å². The number of pyridine rings is 2. The molecule has 0 saturated carbocycles. The van der Waals surface area contributed by atoms with Crippen LogP contribution >= 0.6 is 11.6 Å². The molecule has 3 aromatic heterocycles. The number of nitrogens with one attached hydrogen (secondary N) is 2. The molecule has 1 amide bonds. The number of aryl methyl sites for hydroxylation is 2. The number of ether oxygens (including phenoxy) is 1. The van der Waals surface area contributed by atoms with E-state index in [9.17, 15) is 14.4 Å². The van der Waals surface area contributed by atoms with Crippen molar-refractivity contribution in [2.75, 3.05) is 12.4 Å². The standard InChI is InChI=1S/C30H27ClN5O3.C5H8NO.Mn/c1-16-13-14-23(34-28(16)39-6)21-11-7-10-20(26(21)31)19-9-8-12-22(18(19)3)33-27-25-24(15-17(2)32-27)35(4)30(38)36(5)29(25)37;1-4-2-3-5(7)6-4;/h7-15H,1H2,2-6H3,(H,32,33);4H,1-3H2,(H,6,7);/q2*-1;+2. The fraction of sp³-hybridized carbons (Fsp3) is 0.229. The third-order valence-electron chi connectivity index (χ3n) is 7.95. The molecule has 2 N–H and O–H groups in total. The van der Waals surface area contributed by atoms with Crippen LogP contribution in [0, 0.1) is 27.7 Å². The Bertz CT molecular complexity index is 2110. The van der Waals surface area contributed by atoms with Crippen LogP contribution in [0.3, 0.4) is 0 Å². The number of carbonyl (C=O) groups is 1. The number of halogens is 1. The van der Waals surface area contributed by atoms with Crippen molar-refractivity contribution in [3.8, 4) is 28.3 Å². The minimum Gasteiger partial charge on any atom is -0.537 e. The molecule has 12 heteroatoms. The summed E-state index contributed by atoms with van der Waals surface area (Å²) >= 11 is 6.96. The van der Waals surface area contributed by atoms with Gasteiger partial charge >= 0.3 is 22.8 Å². The largest absolute Gasteiger partial charge is 2.00 e. The average molecular weight is 694 g/mol. The van der Waals surface area contributed by atoms with Gasteiger partial charge in [-0.15, -0.1) is 5.56 Å². The zero-order valence-electron chi connectivity index (χ0n) is 26.8. The SMILES string of the molecule is [CH2-]C1CCC(=O)N1.[CH2-]c1ccc(-c2cccc(-c3cccc(Nc4nc(C)cc5c4c(=O)n(C)c(=O)n5C)c3C)c2Cl)nc1OC.[Mn+2]. The first kappa shape index (κ1) is 35.3. The molecular formula is C35H35ClMnN6O4. The van der Waals surface area contributed by atoms with Crippen LogP contribution < -0.4 is 26.6 Å². The first-order chi connectivity index (χ1) is 21.9. The quantitative estimate of drug-likeness (QED) is 0.180. The molecule has 0 bridgehead atoms. The van der Waals surface area contributed by atoms with Gasteiger partial charge in [0, 0.05) is 48.7 Å². The third kappa shape index (κ3) is 7.07. The number of aromatic nitrogens is 4. The second-order valence-corrected chi connectivity index (χ2v) is 11.5. The molecule has 2 aromatic carbocycles. The van der Waals surface area contributed by atoms with Crippen LogP contribution in [-0.4, -0.2) is 38.2 Å². The second-order valence-electron chi connectivity index (χ2n) is 11.2. The van der Waals surface area contributed by atoms with Gasteiger partial charge in [-0.05, 0) is 37.1 Å². The maximum atomic E-state index is 13.1. The molecule has 6 rings (SSSR count). The number of carbonyl (C=O) groups excluding carboxylic acids is 1. The van der Waals surface area contributed by atoms with Crippen LogP contribution in [-0.2, 0) is 36.0 Å². The molecule has 1 saturated heterocycles. The van der Waals surface area contributed by atoms with Crippen molar-refractivity contribution in [1.29, 1.82) is 0 Å². The van der Waals surface area contributed by atoms with Gasteiger partial charge < -0.3 is 22.3 Å². The fourth-order valence-corrected chi connectivity index (χ4v) is 5.73. The van der Waals surface area contributed by atoms with E-state index in [0.29, 0.717) is 51.0 Å². The van der Waals surface area contributed by atoms with E-state index in [-0.39, 0.29) is 29.0 Å². The molecule has 10 nitrogen and oxygen atoms in total. The zero-order valence-corrected chi connectivity index (χ0v) is 28.7. The van der Waals surface area contributed by atoms with Crippen LogP contribution in [0.1, 0.15) is 29.7 Å². The number of hydrogen-bond acceptors (Lipinski definition) is 7. The van der Waals surface area contributed by atoms with Crippen LogP contribution in [0.4, 0.5) is 11.5 Å². The molecule has 4 heterocycles. The molecule has 5 aromatic rings. The van der Waals surface area contributed by atoms with Gasteiger partial charge in [0.25, 0.3) is 5.56 Å². The molecule has 1 aliphatic rings. The number of anilines is 2.